The first-order chi connectivity index (χ1) is 11.3. The average Bonchev–Trinajstić information content (AvgIpc) is 2.52. The van der Waals surface area contributed by atoms with Crippen molar-refractivity contribution in [3.05, 3.63) is 35.9 Å². The third-order valence-electron chi connectivity index (χ3n) is 4.02. The molecule has 1 atom stereocenters. The van der Waals surface area contributed by atoms with E-state index in [1.165, 1.54) is 0 Å². The maximum Gasteiger partial charge on any atom is 0.309 e. The molecule has 0 N–H and O–H groups in total. The number of carbonyl (C=O) groups is 2. The minimum atomic E-state index is -0.381. The molecule has 4 nitrogen and oxygen atoms in total. The lowest BCUT2D eigenvalue weighted by Gasteiger charge is -2.27. The van der Waals surface area contributed by atoms with Crippen molar-refractivity contribution in [2.45, 2.75) is 60.1 Å². The molecule has 0 aliphatic heterocycles. The van der Waals surface area contributed by atoms with Gasteiger partial charge in [-0.05, 0) is 38.7 Å². The van der Waals surface area contributed by atoms with Gasteiger partial charge in [0, 0.05) is 19.0 Å². The zero-order chi connectivity index (χ0) is 18.1. The first-order valence-corrected chi connectivity index (χ1v) is 8.85. The number of nitrogens with zero attached hydrogens (tertiary/aromatic N) is 1. The monoisotopic (exact) mass is 333 g/mol. The third kappa shape index (κ3) is 6.73. The Morgan fingerprint density at radius 1 is 1.08 bits per heavy atom. The molecule has 0 aromatic heterocycles. The minimum Gasteiger partial charge on any atom is -0.461 e. The molecule has 0 fully saturated rings. The van der Waals surface area contributed by atoms with Crippen LogP contribution in [0.5, 0.6) is 0 Å². The van der Waals surface area contributed by atoms with Crippen LogP contribution in [0.3, 0.4) is 0 Å². The van der Waals surface area contributed by atoms with E-state index in [1.54, 1.807) is 4.90 Å². The fourth-order valence-electron chi connectivity index (χ4n) is 2.84. The molecule has 1 rings (SSSR count). The van der Waals surface area contributed by atoms with E-state index in [-0.39, 0.29) is 36.9 Å². The first-order valence-electron chi connectivity index (χ1n) is 8.85. The van der Waals surface area contributed by atoms with E-state index in [0.29, 0.717) is 18.9 Å². The second kappa shape index (κ2) is 10.1. The van der Waals surface area contributed by atoms with Crippen molar-refractivity contribution in [3.8, 4) is 0 Å². The number of carbonyl (C=O) groups excluding carboxylic acids is 2. The lowest BCUT2D eigenvalue weighted by molar-refractivity contribution is -0.153. The molecule has 134 valence electrons. The van der Waals surface area contributed by atoms with Gasteiger partial charge in [0.25, 0.3) is 0 Å². The van der Waals surface area contributed by atoms with Crippen LogP contribution in [0.2, 0.25) is 0 Å². The summed E-state index contributed by atoms with van der Waals surface area (Å²) in [6.45, 7) is 11.0. The Hall–Kier alpha value is -1.84. The summed E-state index contributed by atoms with van der Waals surface area (Å²) in [5, 5.41) is 0. The van der Waals surface area contributed by atoms with E-state index in [0.717, 1.165) is 5.56 Å². The predicted molar refractivity (Wildman–Crippen MR) is 96.3 cm³/mol. The molecule has 0 radical (unpaired) electrons. The quantitative estimate of drug-likeness (QED) is 0.641. The highest BCUT2D eigenvalue weighted by atomic mass is 16.5. The summed E-state index contributed by atoms with van der Waals surface area (Å²) in [6.07, 6.45) is 0.882. The van der Waals surface area contributed by atoms with Gasteiger partial charge in [-0.2, -0.15) is 0 Å². The first kappa shape index (κ1) is 20.2. The number of ether oxygens (including phenoxy) is 1. The molecule has 0 heterocycles. The highest BCUT2D eigenvalue weighted by Crippen LogP contribution is 2.20. The normalized spacial score (nSPS) is 12.3. The standard InChI is InChI=1S/C20H31NO3/c1-6-21(16(4)5)19(22)13-18(12-15(2)3)20(23)24-14-17-10-8-7-9-11-17/h7-11,15-16,18H,6,12-14H2,1-5H3/t18-/m1/s1. The van der Waals surface area contributed by atoms with Gasteiger partial charge in [-0.1, -0.05) is 44.2 Å². The average molecular weight is 333 g/mol. The summed E-state index contributed by atoms with van der Waals surface area (Å²) >= 11 is 0. The molecule has 1 amide bonds. The van der Waals surface area contributed by atoms with Crippen LogP contribution < -0.4 is 0 Å². The molecule has 0 spiro atoms. The Labute approximate surface area is 146 Å². The van der Waals surface area contributed by atoms with Crippen LogP contribution in [0.15, 0.2) is 30.3 Å². The lowest BCUT2D eigenvalue weighted by atomic mass is 9.93. The molecular weight excluding hydrogens is 302 g/mol. The topological polar surface area (TPSA) is 46.6 Å². The molecule has 4 heteroatoms. The van der Waals surface area contributed by atoms with E-state index in [1.807, 2.05) is 51.1 Å². The van der Waals surface area contributed by atoms with Crippen LogP contribution in [-0.4, -0.2) is 29.4 Å². The van der Waals surface area contributed by atoms with Crippen LogP contribution in [0.4, 0.5) is 0 Å². The van der Waals surface area contributed by atoms with Crippen molar-refractivity contribution in [3.63, 3.8) is 0 Å². The molecule has 0 aliphatic rings. The number of hydrogen-bond acceptors (Lipinski definition) is 3. The van der Waals surface area contributed by atoms with Gasteiger partial charge in [0.15, 0.2) is 0 Å². The zero-order valence-corrected chi connectivity index (χ0v) is 15.6. The number of esters is 1. The summed E-state index contributed by atoms with van der Waals surface area (Å²) in [7, 11) is 0. The van der Waals surface area contributed by atoms with Crippen molar-refractivity contribution in [1.29, 1.82) is 0 Å². The lowest BCUT2D eigenvalue weighted by Crippen LogP contribution is -2.38. The Morgan fingerprint density at radius 3 is 2.21 bits per heavy atom. The molecule has 0 aliphatic carbocycles. The highest BCUT2D eigenvalue weighted by molar-refractivity contribution is 5.83. The van der Waals surface area contributed by atoms with Crippen molar-refractivity contribution in [2.75, 3.05) is 6.54 Å². The molecular formula is C20H31NO3. The van der Waals surface area contributed by atoms with Crippen molar-refractivity contribution < 1.29 is 14.3 Å². The fraction of sp³-hybridized carbons (Fsp3) is 0.600. The van der Waals surface area contributed by atoms with Crippen molar-refractivity contribution in [2.24, 2.45) is 11.8 Å². The second-order valence-electron chi connectivity index (χ2n) is 6.90. The molecule has 24 heavy (non-hydrogen) atoms. The van der Waals surface area contributed by atoms with Crippen LogP contribution in [-0.2, 0) is 20.9 Å². The number of amides is 1. The summed E-state index contributed by atoms with van der Waals surface area (Å²) in [5.41, 5.74) is 0.956. The Bertz CT molecular complexity index is 511. The largest absolute Gasteiger partial charge is 0.461 e. The fourth-order valence-corrected chi connectivity index (χ4v) is 2.84. The van der Waals surface area contributed by atoms with E-state index in [4.69, 9.17) is 4.74 Å². The van der Waals surface area contributed by atoms with E-state index < -0.39 is 0 Å². The molecule has 1 aromatic carbocycles. The molecule has 0 unspecified atom stereocenters. The Balaban J connectivity index is 2.69. The number of benzene rings is 1. The maximum atomic E-state index is 12.5. The molecule has 0 saturated heterocycles. The zero-order valence-electron chi connectivity index (χ0n) is 15.6. The number of hydrogen-bond donors (Lipinski definition) is 0. The van der Waals surface area contributed by atoms with Crippen LogP contribution in [0.1, 0.15) is 53.0 Å². The molecule has 0 bridgehead atoms. The van der Waals surface area contributed by atoms with Gasteiger partial charge < -0.3 is 9.64 Å². The van der Waals surface area contributed by atoms with E-state index in [9.17, 15) is 9.59 Å². The molecule has 1 aromatic rings. The van der Waals surface area contributed by atoms with Gasteiger partial charge in [-0.3, -0.25) is 9.59 Å². The maximum absolute atomic E-state index is 12.5. The van der Waals surface area contributed by atoms with E-state index >= 15 is 0 Å². The van der Waals surface area contributed by atoms with Gasteiger partial charge in [-0.25, -0.2) is 0 Å². The minimum absolute atomic E-state index is 0.0230. The number of rotatable bonds is 9. The predicted octanol–water partition coefficient (Wildman–Crippen LogP) is 4.04. The third-order valence-corrected chi connectivity index (χ3v) is 4.02. The van der Waals surface area contributed by atoms with Gasteiger partial charge in [0.2, 0.25) is 5.91 Å². The SMILES string of the molecule is CCN(C(=O)C[C@@H](CC(C)C)C(=O)OCc1ccccc1)C(C)C. The van der Waals surface area contributed by atoms with Gasteiger partial charge in [0.05, 0.1) is 5.92 Å². The smallest absolute Gasteiger partial charge is 0.309 e. The Morgan fingerprint density at radius 2 is 1.71 bits per heavy atom. The second-order valence-corrected chi connectivity index (χ2v) is 6.90. The summed E-state index contributed by atoms with van der Waals surface area (Å²) < 4.78 is 5.46. The van der Waals surface area contributed by atoms with Gasteiger partial charge >= 0.3 is 5.97 Å². The van der Waals surface area contributed by atoms with Crippen molar-refractivity contribution >= 4 is 11.9 Å². The molecule has 0 saturated carbocycles. The van der Waals surface area contributed by atoms with Crippen LogP contribution in [0.25, 0.3) is 0 Å². The Kier molecular flexibility index (Phi) is 8.51. The van der Waals surface area contributed by atoms with Crippen LogP contribution in [0, 0.1) is 11.8 Å². The van der Waals surface area contributed by atoms with Gasteiger partial charge in [0.1, 0.15) is 6.61 Å². The summed E-state index contributed by atoms with van der Waals surface area (Å²) in [4.78, 5) is 26.8. The summed E-state index contributed by atoms with van der Waals surface area (Å²) in [6, 6.07) is 9.75. The summed E-state index contributed by atoms with van der Waals surface area (Å²) in [5.74, 6) is -0.300. The van der Waals surface area contributed by atoms with Gasteiger partial charge in [-0.15, -0.1) is 0 Å². The van der Waals surface area contributed by atoms with Crippen molar-refractivity contribution in [1.82, 2.24) is 4.90 Å². The van der Waals surface area contributed by atoms with Crippen LogP contribution >= 0.6 is 0 Å². The van der Waals surface area contributed by atoms with E-state index in [2.05, 4.69) is 13.8 Å². The highest BCUT2D eigenvalue weighted by Gasteiger charge is 2.27.